The first-order valence-corrected chi connectivity index (χ1v) is 7.60. The highest BCUT2D eigenvalue weighted by atomic mass is 32.2. The highest BCUT2D eigenvalue weighted by molar-refractivity contribution is 7.89. The summed E-state index contributed by atoms with van der Waals surface area (Å²) >= 11 is 0. The average Bonchev–Trinajstić information content (AvgIpc) is 2.97. The van der Waals surface area contributed by atoms with Crippen LogP contribution in [-0.2, 0) is 16.6 Å². The van der Waals surface area contributed by atoms with Crippen molar-refractivity contribution in [2.45, 2.75) is 18.4 Å². The van der Waals surface area contributed by atoms with E-state index in [0.717, 1.165) is 5.56 Å². The maximum atomic E-state index is 12.2. The van der Waals surface area contributed by atoms with E-state index in [1.165, 1.54) is 18.4 Å². The Balaban J connectivity index is 2.18. The summed E-state index contributed by atoms with van der Waals surface area (Å²) in [5.41, 5.74) is 1.90. The first-order chi connectivity index (χ1) is 10.0. The number of nitrogens with zero attached hydrogens (tertiary/aromatic N) is 1. The molecule has 0 radical (unpaired) electrons. The maximum Gasteiger partial charge on any atom is 0.240 e. The van der Waals surface area contributed by atoms with Crippen LogP contribution >= 0.6 is 0 Å². The van der Waals surface area contributed by atoms with Crippen molar-refractivity contribution in [3.8, 4) is 11.8 Å². The number of aliphatic hydroxyl groups excluding tert-OH is 1. The summed E-state index contributed by atoms with van der Waals surface area (Å²) in [4.78, 5) is 0.151. The number of aromatic nitrogens is 1. The number of sulfonamides is 1. The number of benzene rings is 1. The third-order valence-corrected chi connectivity index (χ3v) is 4.14. The Kier molecular flexibility index (Phi) is 4.75. The molecule has 0 unspecified atom stereocenters. The monoisotopic (exact) mass is 306 g/mol. The number of aliphatic hydroxyl groups is 1. The van der Waals surface area contributed by atoms with Gasteiger partial charge < -0.3 is 9.63 Å². The fourth-order valence-corrected chi connectivity index (χ4v) is 2.74. The van der Waals surface area contributed by atoms with Gasteiger partial charge in [-0.15, -0.1) is 0 Å². The summed E-state index contributed by atoms with van der Waals surface area (Å²) in [6.45, 7) is 1.58. The molecule has 110 valence electrons. The molecular weight excluding hydrogens is 292 g/mol. The summed E-state index contributed by atoms with van der Waals surface area (Å²) in [7, 11) is -3.63. The lowest BCUT2D eigenvalue weighted by Crippen LogP contribution is -2.23. The molecule has 0 atom stereocenters. The molecule has 0 saturated heterocycles. The summed E-state index contributed by atoms with van der Waals surface area (Å²) in [5.74, 6) is 5.29. The summed E-state index contributed by atoms with van der Waals surface area (Å²) in [6.07, 6.45) is 1.38. The zero-order valence-electron chi connectivity index (χ0n) is 11.3. The number of hydrogen-bond donors (Lipinski definition) is 2. The van der Waals surface area contributed by atoms with Crippen molar-refractivity contribution < 1.29 is 18.0 Å². The minimum atomic E-state index is -3.63. The molecule has 0 bridgehead atoms. The van der Waals surface area contributed by atoms with Crippen molar-refractivity contribution in [3.05, 3.63) is 47.3 Å². The first-order valence-electron chi connectivity index (χ1n) is 6.12. The molecule has 0 fully saturated rings. The molecule has 21 heavy (non-hydrogen) atoms. The number of aryl methyl sites for hydroxylation is 1. The van der Waals surface area contributed by atoms with Gasteiger partial charge in [-0.05, 0) is 30.7 Å². The van der Waals surface area contributed by atoms with E-state index < -0.39 is 10.0 Å². The van der Waals surface area contributed by atoms with Crippen molar-refractivity contribution in [3.63, 3.8) is 0 Å². The lowest BCUT2D eigenvalue weighted by atomic mass is 10.1. The second-order valence-corrected chi connectivity index (χ2v) is 6.02. The number of nitrogens with one attached hydrogen (secondary N) is 1. The zero-order valence-corrected chi connectivity index (χ0v) is 12.1. The smallest absolute Gasteiger partial charge is 0.240 e. The molecule has 1 aromatic carbocycles. The van der Waals surface area contributed by atoms with Crippen LogP contribution in [0.3, 0.4) is 0 Å². The van der Waals surface area contributed by atoms with Gasteiger partial charge in [0.2, 0.25) is 10.0 Å². The molecule has 2 N–H and O–H groups in total. The Hall–Kier alpha value is -2.14. The van der Waals surface area contributed by atoms with E-state index in [9.17, 15) is 8.42 Å². The summed E-state index contributed by atoms with van der Waals surface area (Å²) in [6, 6.07) is 6.20. The van der Waals surface area contributed by atoms with Gasteiger partial charge in [-0.25, -0.2) is 13.1 Å². The molecule has 1 heterocycles. The van der Waals surface area contributed by atoms with Crippen molar-refractivity contribution in [2.24, 2.45) is 0 Å². The fourth-order valence-electron chi connectivity index (χ4n) is 1.66. The molecule has 7 heteroatoms. The Morgan fingerprint density at radius 1 is 1.38 bits per heavy atom. The Morgan fingerprint density at radius 3 is 2.81 bits per heavy atom. The van der Waals surface area contributed by atoms with E-state index in [2.05, 4.69) is 26.2 Å². The van der Waals surface area contributed by atoms with Crippen LogP contribution < -0.4 is 4.72 Å². The predicted molar refractivity (Wildman–Crippen MR) is 75.7 cm³/mol. The van der Waals surface area contributed by atoms with Gasteiger partial charge in [-0.3, -0.25) is 0 Å². The molecule has 0 aliphatic rings. The highest BCUT2D eigenvalue weighted by Gasteiger charge is 2.15. The molecule has 0 spiro atoms. The van der Waals surface area contributed by atoms with Crippen molar-refractivity contribution >= 4 is 10.0 Å². The van der Waals surface area contributed by atoms with Crippen LogP contribution in [0.15, 0.2) is 39.9 Å². The van der Waals surface area contributed by atoms with E-state index in [1.54, 1.807) is 19.1 Å². The molecule has 1 aromatic heterocycles. The second kappa shape index (κ2) is 6.54. The topological polar surface area (TPSA) is 92.4 Å². The van der Waals surface area contributed by atoms with Crippen LogP contribution in [0, 0.1) is 18.8 Å². The normalized spacial score (nSPS) is 11.0. The Morgan fingerprint density at radius 2 is 2.19 bits per heavy atom. The standard InChI is InChI=1S/C14H14N2O4S/c1-11-9-14(5-4-12(11)3-2-7-17)21(18,19)15-10-13-6-8-20-16-13/h4-6,8-9,15,17H,7,10H2,1H3. The van der Waals surface area contributed by atoms with Crippen molar-refractivity contribution in [2.75, 3.05) is 6.61 Å². The van der Waals surface area contributed by atoms with Crippen LogP contribution in [0.2, 0.25) is 0 Å². The van der Waals surface area contributed by atoms with Gasteiger partial charge in [-0.1, -0.05) is 17.0 Å². The van der Waals surface area contributed by atoms with Crippen LogP contribution in [0.25, 0.3) is 0 Å². The predicted octanol–water partition coefficient (Wildman–Crippen LogP) is 0.805. The van der Waals surface area contributed by atoms with Gasteiger partial charge in [0, 0.05) is 11.6 Å². The van der Waals surface area contributed by atoms with E-state index in [1.807, 2.05) is 0 Å². The SMILES string of the molecule is Cc1cc(S(=O)(=O)NCc2ccon2)ccc1C#CCO. The molecule has 2 rings (SSSR count). The Bertz CT molecular complexity index is 771. The van der Waals surface area contributed by atoms with Crippen LogP contribution in [0.1, 0.15) is 16.8 Å². The van der Waals surface area contributed by atoms with Gasteiger partial charge in [0.25, 0.3) is 0 Å². The maximum absolute atomic E-state index is 12.2. The van der Waals surface area contributed by atoms with Crippen LogP contribution in [-0.4, -0.2) is 25.3 Å². The van der Waals surface area contributed by atoms with Crippen LogP contribution in [0.4, 0.5) is 0 Å². The third-order valence-electron chi connectivity index (χ3n) is 2.74. The molecule has 0 aliphatic carbocycles. The lowest BCUT2D eigenvalue weighted by Gasteiger charge is -2.07. The Labute approximate surface area is 122 Å². The van der Waals surface area contributed by atoms with Crippen LogP contribution in [0.5, 0.6) is 0 Å². The van der Waals surface area contributed by atoms with Gasteiger partial charge in [0.1, 0.15) is 12.9 Å². The minimum Gasteiger partial charge on any atom is -0.384 e. The van der Waals surface area contributed by atoms with E-state index in [4.69, 9.17) is 5.11 Å². The molecule has 0 saturated carbocycles. The summed E-state index contributed by atoms with van der Waals surface area (Å²) < 4.78 is 31.4. The molecule has 6 nitrogen and oxygen atoms in total. The zero-order chi connectivity index (χ0) is 15.3. The van der Waals surface area contributed by atoms with Gasteiger partial charge in [0.15, 0.2) is 0 Å². The van der Waals surface area contributed by atoms with Gasteiger partial charge >= 0.3 is 0 Å². The molecule has 0 aliphatic heterocycles. The fraction of sp³-hybridized carbons (Fsp3) is 0.214. The molecule has 2 aromatic rings. The van der Waals surface area contributed by atoms with Crippen molar-refractivity contribution in [1.82, 2.24) is 9.88 Å². The number of hydrogen-bond acceptors (Lipinski definition) is 5. The summed E-state index contributed by atoms with van der Waals surface area (Å²) in [5, 5.41) is 12.3. The first kappa shape index (κ1) is 15.3. The minimum absolute atomic E-state index is 0.0595. The lowest BCUT2D eigenvalue weighted by molar-refractivity contribution is 0.350. The molecular formula is C14H14N2O4S. The highest BCUT2D eigenvalue weighted by Crippen LogP contribution is 2.15. The third kappa shape index (κ3) is 3.92. The van der Waals surface area contributed by atoms with Gasteiger partial charge in [0.05, 0.1) is 17.1 Å². The van der Waals surface area contributed by atoms with E-state index in [0.29, 0.717) is 11.3 Å². The average molecular weight is 306 g/mol. The van der Waals surface area contributed by atoms with Gasteiger partial charge in [-0.2, -0.15) is 0 Å². The second-order valence-electron chi connectivity index (χ2n) is 4.25. The largest absolute Gasteiger partial charge is 0.384 e. The molecule has 0 amide bonds. The van der Waals surface area contributed by atoms with Crippen molar-refractivity contribution in [1.29, 1.82) is 0 Å². The van der Waals surface area contributed by atoms with E-state index in [-0.39, 0.29) is 18.0 Å². The van der Waals surface area contributed by atoms with E-state index >= 15 is 0 Å². The quantitative estimate of drug-likeness (QED) is 0.815. The number of rotatable bonds is 4.